The van der Waals surface area contributed by atoms with Gasteiger partial charge in [-0.2, -0.15) is 5.48 Å². The van der Waals surface area contributed by atoms with Gasteiger partial charge in [-0.3, -0.25) is 0 Å². The van der Waals surface area contributed by atoms with E-state index < -0.39 is 5.82 Å². The SMILES string of the molecule is CONCc1cc(F)c(O)c(Br)c1. The first-order valence-corrected chi connectivity index (χ1v) is 4.37. The molecule has 1 aromatic rings. The Labute approximate surface area is 83.6 Å². The molecule has 0 amide bonds. The molecule has 0 radical (unpaired) electrons. The minimum absolute atomic E-state index is 0.334. The van der Waals surface area contributed by atoms with E-state index in [1.54, 1.807) is 6.07 Å². The lowest BCUT2D eigenvalue weighted by Crippen LogP contribution is -2.10. The first-order chi connectivity index (χ1) is 6.15. The first-order valence-electron chi connectivity index (χ1n) is 3.58. The Morgan fingerprint density at radius 1 is 1.62 bits per heavy atom. The summed E-state index contributed by atoms with van der Waals surface area (Å²) in [4.78, 5) is 4.61. The molecule has 13 heavy (non-hydrogen) atoms. The minimum Gasteiger partial charge on any atom is -0.504 e. The van der Waals surface area contributed by atoms with Crippen molar-refractivity contribution in [3.8, 4) is 5.75 Å². The number of nitrogens with one attached hydrogen (secondary N) is 1. The van der Waals surface area contributed by atoms with Gasteiger partial charge in [-0.25, -0.2) is 4.39 Å². The number of hydrogen-bond donors (Lipinski definition) is 2. The van der Waals surface area contributed by atoms with Crippen molar-refractivity contribution >= 4 is 15.9 Å². The standard InChI is InChI=1S/C8H9BrFNO2/c1-13-11-4-5-2-6(9)8(12)7(10)3-5/h2-3,11-12H,4H2,1H3. The molecule has 3 nitrogen and oxygen atoms in total. The number of rotatable bonds is 3. The van der Waals surface area contributed by atoms with E-state index in [0.29, 0.717) is 16.6 Å². The summed E-state index contributed by atoms with van der Waals surface area (Å²) >= 11 is 3.03. The summed E-state index contributed by atoms with van der Waals surface area (Å²) in [5.41, 5.74) is 3.25. The Morgan fingerprint density at radius 2 is 2.31 bits per heavy atom. The van der Waals surface area contributed by atoms with Crippen LogP contribution in [-0.2, 0) is 11.4 Å². The molecule has 0 saturated heterocycles. The van der Waals surface area contributed by atoms with Crippen molar-refractivity contribution in [1.29, 1.82) is 0 Å². The van der Waals surface area contributed by atoms with E-state index in [1.807, 2.05) is 0 Å². The maximum atomic E-state index is 12.9. The number of phenolic OH excluding ortho intramolecular Hbond substituents is 1. The predicted octanol–water partition coefficient (Wildman–Crippen LogP) is 1.94. The van der Waals surface area contributed by atoms with Gasteiger partial charge in [0.05, 0.1) is 11.6 Å². The van der Waals surface area contributed by atoms with Crippen LogP contribution in [0.3, 0.4) is 0 Å². The topological polar surface area (TPSA) is 41.5 Å². The van der Waals surface area contributed by atoms with Gasteiger partial charge in [0.1, 0.15) is 0 Å². The van der Waals surface area contributed by atoms with Gasteiger partial charge in [-0.05, 0) is 33.6 Å². The molecule has 0 saturated carbocycles. The molecule has 0 atom stereocenters. The van der Waals surface area contributed by atoms with Crippen molar-refractivity contribution in [1.82, 2.24) is 5.48 Å². The minimum atomic E-state index is -0.651. The summed E-state index contributed by atoms with van der Waals surface area (Å²) in [5.74, 6) is -1.02. The fourth-order valence-corrected chi connectivity index (χ4v) is 1.36. The Morgan fingerprint density at radius 3 is 2.85 bits per heavy atom. The molecule has 5 heteroatoms. The number of hydroxylamine groups is 1. The average molecular weight is 250 g/mol. The lowest BCUT2D eigenvalue weighted by atomic mass is 10.2. The van der Waals surface area contributed by atoms with E-state index in [0.717, 1.165) is 0 Å². The van der Waals surface area contributed by atoms with E-state index in [9.17, 15) is 4.39 Å². The van der Waals surface area contributed by atoms with Crippen LogP contribution in [0.4, 0.5) is 4.39 Å². The van der Waals surface area contributed by atoms with Crippen LogP contribution in [0, 0.1) is 5.82 Å². The van der Waals surface area contributed by atoms with E-state index in [1.165, 1.54) is 13.2 Å². The number of benzene rings is 1. The van der Waals surface area contributed by atoms with Crippen LogP contribution in [0.25, 0.3) is 0 Å². The van der Waals surface area contributed by atoms with Crippen LogP contribution >= 0.6 is 15.9 Å². The molecule has 0 aliphatic carbocycles. The molecule has 1 aromatic carbocycles. The van der Waals surface area contributed by atoms with E-state index in [2.05, 4.69) is 26.2 Å². The molecular formula is C8H9BrFNO2. The highest BCUT2D eigenvalue weighted by molar-refractivity contribution is 9.10. The lowest BCUT2D eigenvalue weighted by molar-refractivity contribution is 0.0866. The quantitative estimate of drug-likeness (QED) is 0.805. The molecule has 0 unspecified atom stereocenters. The maximum absolute atomic E-state index is 12.9. The Bertz CT molecular complexity index is 283. The van der Waals surface area contributed by atoms with Crippen molar-refractivity contribution in [3.05, 3.63) is 28.0 Å². The smallest absolute Gasteiger partial charge is 0.166 e. The summed E-state index contributed by atoms with van der Waals surface area (Å²) in [6, 6.07) is 2.86. The largest absolute Gasteiger partial charge is 0.504 e. The number of aromatic hydroxyl groups is 1. The van der Waals surface area contributed by atoms with Crippen LogP contribution < -0.4 is 5.48 Å². The summed E-state index contributed by atoms with van der Waals surface area (Å²) < 4.78 is 13.3. The summed E-state index contributed by atoms with van der Waals surface area (Å²) in [6.07, 6.45) is 0. The average Bonchev–Trinajstić information content (AvgIpc) is 2.10. The molecular weight excluding hydrogens is 241 g/mol. The zero-order valence-electron chi connectivity index (χ0n) is 6.97. The second-order valence-corrected chi connectivity index (χ2v) is 3.29. The summed E-state index contributed by atoms with van der Waals surface area (Å²) in [6.45, 7) is 0.381. The zero-order chi connectivity index (χ0) is 9.84. The molecule has 2 N–H and O–H groups in total. The fourth-order valence-electron chi connectivity index (χ4n) is 0.876. The Hall–Kier alpha value is -0.650. The summed E-state index contributed by atoms with van der Waals surface area (Å²) in [7, 11) is 1.48. The van der Waals surface area contributed by atoms with Gasteiger partial charge in [0.2, 0.25) is 0 Å². The van der Waals surface area contributed by atoms with Gasteiger partial charge in [-0.1, -0.05) is 0 Å². The van der Waals surface area contributed by atoms with Gasteiger partial charge >= 0.3 is 0 Å². The number of hydrogen-bond acceptors (Lipinski definition) is 3. The molecule has 0 spiro atoms. The van der Waals surface area contributed by atoms with Gasteiger partial charge in [0, 0.05) is 6.54 Å². The zero-order valence-corrected chi connectivity index (χ0v) is 8.56. The highest BCUT2D eigenvalue weighted by Crippen LogP contribution is 2.27. The highest BCUT2D eigenvalue weighted by atomic mass is 79.9. The van der Waals surface area contributed by atoms with Crippen molar-refractivity contribution < 1.29 is 14.3 Å². The third-order valence-corrected chi connectivity index (χ3v) is 2.10. The maximum Gasteiger partial charge on any atom is 0.166 e. The highest BCUT2D eigenvalue weighted by Gasteiger charge is 2.06. The van der Waals surface area contributed by atoms with E-state index >= 15 is 0 Å². The number of phenols is 1. The van der Waals surface area contributed by atoms with Crippen LogP contribution in [0.5, 0.6) is 5.75 Å². The van der Waals surface area contributed by atoms with Gasteiger partial charge in [-0.15, -0.1) is 0 Å². The van der Waals surface area contributed by atoms with Crippen molar-refractivity contribution in [2.45, 2.75) is 6.54 Å². The predicted molar refractivity (Wildman–Crippen MR) is 49.6 cm³/mol. The molecule has 0 aliphatic rings. The molecule has 1 rings (SSSR count). The van der Waals surface area contributed by atoms with Crippen LogP contribution in [0.15, 0.2) is 16.6 Å². The molecule has 0 bridgehead atoms. The third-order valence-electron chi connectivity index (χ3n) is 1.50. The third kappa shape index (κ3) is 2.65. The molecule has 0 aliphatic heterocycles. The molecule has 0 heterocycles. The lowest BCUT2D eigenvalue weighted by Gasteiger charge is -2.04. The molecule has 0 aromatic heterocycles. The second-order valence-electron chi connectivity index (χ2n) is 2.43. The summed E-state index contributed by atoms with van der Waals surface area (Å²) in [5, 5.41) is 9.08. The number of halogens is 2. The van der Waals surface area contributed by atoms with Gasteiger partial charge in [0.15, 0.2) is 11.6 Å². The van der Waals surface area contributed by atoms with Crippen molar-refractivity contribution in [2.75, 3.05) is 7.11 Å². The Balaban J connectivity index is 2.86. The Kier molecular flexibility index (Phi) is 3.65. The van der Waals surface area contributed by atoms with Crippen LogP contribution in [-0.4, -0.2) is 12.2 Å². The van der Waals surface area contributed by atoms with E-state index in [4.69, 9.17) is 5.11 Å². The normalized spacial score (nSPS) is 10.4. The van der Waals surface area contributed by atoms with Gasteiger partial charge in [0.25, 0.3) is 0 Å². The van der Waals surface area contributed by atoms with Gasteiger partial charge < -0.3 is 9.94 Å². The van der Waals surface area contributed by atoms with E-state index in [-0.39, 0.29) is 5.75 Å². The molecule has 72 valence electrons. The van der Waals surface area contributed by atoms with Crippen LogP contribution in [0.2, 0.25) is 0 Å². The van der Waals surface area contributed by atoms with Crippen molar-refractivity contribution in [2.24, 2.45) is 0 Å². The van der Waals surface area contributed by atoms with Crippen molar-refractivity contribution in [3.63, 3.8) is 0 Å². The second kappa shape index (κ2) is 4.55. The molecule has 0 fully saturated rings. The monoisotopic (exact) mass is 249 g/mol. The first kappa shape index (κ1) is 10.4. The fraction of sp³-hybridized carbons (Fsp3) is 0.250. The van der Waals surface area contributed by atoms with Crippen LogP contribution in [0.1, 0.15) is 5.56 Å².